The number of carboxylic acid groups (broad SMARTS) is 1. The van der Waals surface area contributed by atoms with Gasteiger partial charge < -0.3 is 10.4 Å². The van der Waals surface area contributed by atoms with Crippen LogP contribution >= 0.6 is 11.3 Å². The van der Waals surface area contributed by atoms with Gasteiger partial charge in [-0.25, -0.2) is 0 Å². The first-order valence-corrected chi connectivity index (χ1v) is 7.32. The van der Waals surface area contributed by atoms with E-state index < -0.39 is 17.3 Å². The van der Waals surface area contributed by atoms with Crippen LogP contribution in [0, 0.1) is 5.92 Å². The van der Waals surface area contributed by atoms with Gasteiger partial charge in [0.25, 0.3) is 0 Å². The Morgan fingerprint density at radius 3 is 2.63 bits per heavy atom. The summed E-state index contributed by atoms with van der Waals surface area (Å²) in [5.74, 6) is -1.48. The number of hydrogen-bond acceptors (Lipinski definition) is 3. The minimum Gasteiger partial charge on any atom is -0.481 e. The summed E-state index contributed by atoms with van der Waals surface area (Å²) in [6.07, 6.45) is 1.37. The molecule has 106 valence electrons. The topological polar surface area (TPSA) is 66.4 Å². The molecular formula is C14H21NO3S. The number of amides is 1. The second-order valence-electron chi connectivity index (χ2n) is 5.14. The van der Waals surface area contributed by atoms with Crippen LogP contribution < -0.4 is 5.32 Å². The molecule has 0 aliphatic rings. The van der Waals surface area contributed by atoms with E-state index in [1.165, 1.54) is 11.3 Å². The molecule has 0 aliphatic heterocycles. The highest BCUT2D eigenvalue weighted by Crippen LogP contribution is 2.27. The van der Waals surface area contributed by atoms with Crippen molar-refractivity contribution in [2.24, 2.45) is 5.92 Å². The van der Waals surface area contributed by atoms with Crippen LogP contribution in [-0.4, -0.2) is 23.5 Å². The van der Waals surface area contributed by atoms with Crippen molar-refractivity contribution in [1.29, 1.82) is 0 Å². The third-order valence-electron chi connectivity index (χ3n) is 3.20. The zero-order valence-corrected chi connectivity index (χ0v) is 12.4. The van der Waals surface area contributed by atoms with Gasteiger partial charge in [0.15, 0.2) is 0 Å². The van der Waals surface area contributed by atoms with Crippen LogP contribution in [0.2, 0.25) is 0 Å². The summed E-state index contributed by atoms with van der Waals surface area (Å²) in [4.78, 5) is 24.2. The fraction of sp³-hybridized carbons (Fsp3) is 0.571. The van der Waals surface area contributed by atoms with Crippen LogP contribution in [0.5, 0.6) is 0 Å². The van der Waals surface area contributed by atoms with Crippen molar-refractivity contribution in [2.75, 3.05) is 6.54 Å². The van der Waals surface area contributed by atoms with Gasteiger partial charge in [0.1, 0.15) is 0 Å². The van der Waals surface area contributed by atoms with Gasteiger partial charge >= 0.3 is 5.97 Å². The second kappa shape index (κ2) is 6.70. The number of thiophene rings is 1. The summed E-state index contributed by atoms with van der Waals surface area (Å²) in [5, 5.41) is 13.8. The Kier molecular flexibility index (Phi) is 5.54. The Bertz CT molecular complexity index is 426. The first-order chi connectivity index (χ1) is 8.89. The fourth-order valence-electron chi connectivity index (χ4n) is 1.84. The van der Waals surface area contributed by atoms with E-state index in [9.17, 15) is 9.59 Å². The standard InChI is InChI=1S/C14H21NO3S/c1-4-6-10(12(16)17)9-15-13(18)14(2,3)11-7-5-8-19-11/h5,7-8,10H,4,6,9H2,1-3H3,(H,15,18)(H,16,17). The molecule has 0 saturated heterocycles. The SMILES string of the molecule is CCCC(CNC(=O)C(C)(C)c1cccs1)C(=O)O. The first kappa shape index (κ1) is 15.7. The molecule has 1 heterocycles. The maximum Gasteiger partial charge on any atom is 0.308 e. The van der Waals surface area contributed by atoms with Crippen molar-refractivity contribution < 1.29 is 14.7 Å². The Labute approximate surface area is 117 Å². The molecule has 1 aromatic rings. The highest BCUT2D eigenvalue weighted by molar-refractivity contribution is 7.10. The van der Waals surface area contributed by atoms with Gasteiger partial charge in [-0.2, -0.15) is 0 Å². The van der Waals surface area contributed by atoms with Crippen LogP contribution in [0.1, 0.15) is 38.5 Å². The van der Waals surface area contributed by atoms with E-state index in [-0.39, 0.29) is 12.5 Å². The Morgan fingerprint density at radius 2 is 2.16 bits per heavy atom. The number of carbonyl (C=O) groups excluding carboxylic acids is 1. The molecule has 1 rings (SSSR count). The lowest BCUT2D eigenvalue weighted by atomic mass is 9.90. The van der Waals surface area contributed by atoms with Gasteiger partial charge in [-0.05, 0) is 31.7 Å². The molecule has 4 nitrogen and oxygen atoms in total. The molecule has 0 spiro atoms. The maximum atomic E-state index is 12.2. The Balaban J connectivity index is 2.62. The van der Waals surface area contributed by atoms with E-state index in [2.05, 4.69) is 5.32 Å². The van der Waals surface area contributed by atoms with Gasteiger partial charge in [0, 0.05) is 11.4 Å². The summed E-state index contributed by atoms with van der Waals surface area (Å²) >= 11 is 1.53. The minimum absolute atomic E-state index is 0.127. The van der Waals surface area contributed by atoms with Crippen molar-refractivity contribution in [3.8, 4) is 0 Å². The summed E-state index contributed by atoms with van der Waals surface area (Å²) in [5.41, 5.74) is -0.622. The van der Waals surface area contributed by atoms with Crippen LogP contribution in [0.25, 0.3) is 0 Å². The summed E-state index contributed by atoms with van der Waals surface area (Å²) < 4.78 is 0. The number of nitrogens with one attached hydrogen (secondary N) is 1. The highest BCUT2D eigenvalue weighted by atomic mass is 32.1. The molecule has 1 aromatic heterocycles. The highest BCUT2D eigenvalue weighted by Gasteiger charge is 2.31. The van der Waals surface area contributed by atoms with Crippen molar-refractivity contribution in [1.82, 2.24) is 5.32 Å². The number of hydrogen-bond donors (Lipinski definition) is 2. The van der Waals surface area contributed by atoms with Crippen LogP contribution in [-0.2, 0) is 15.0 Å². The largest absolute Gasteiger partial charge is 0.481 e. The van der Waals surface area contributed by atoms with Crippen molar-refractivity contribution in [3.63, 3.8) is 0 Å². The van der Waals surface area contributed by atoms with E-state index in [1.54, 1.807) is 0 Å². The van der Waals surface area contributed by atoms with E-state index in [4.69, 9.17) is 5.11 Å². The lowest BCUT2D eigenvalue weighted by Gasteiger charge is -2.23. The van der Waals surface area contributed by atoms with Gasteiger partial charge in [-0.15, -0.1) is 11.3 Å². The van der Waals surface area contributed by atoms with Crippen LogP contribution in [0.3, 0.4) is 0 Å². The normalized spacial score (nSPS) is 13.0. The van der Waals surface area contributed by atoms with E-state index in [1.807, 2.05) is 38.3 Å². The van der Waals surface area contributed by atoms with Gasteiger partial charge in [0.05, 0.1) is 11.3 Å². The number of carbonyl (C=O) groups is 2. The number of aliphatic carboxylic acids is 1. The molecule has 1 atom stereocenters. The average molecular weight is 283 g/mol. The molecule has 5 heteroatoms. The average Bonchev–Trinajstić information content (AvgIpc) is 2.87. The van der Waals surface area contributed by atoms with Gasteiger partial charge in [-0.3, -0.25) is 9.59 Å². The molecular weight excluding hydrogens is 262 g/mol. The van der Waals surface area contributed by atoms with Crippen LogP contribution in [0.4, 0.5) is 0 Å². The predicted molar refractivity (Wildman–Crippen MR) is 76.4 cm³/mol. The van der Waals surface area contributed by atoms with Crippen LogP contribution in [0.15, 0.2) is 17.5 Å². The molecule has 0 aliphatic carbocycles. The first-order valence-electron chi connectivity index (χ1n) is 6.44. The summed E-state index contributed by atoms with van der Waals surface area (Å²) in [7, 11) is 0. The fourth-order valence-corrected chi connectivity index (χ4v) is 2.69. The molecule has 0 saturated carbocycles. The Hall–Kier alpha value is -1.36. The van der Waals surface area contributed by atoms with E-state index in [0.717, 1.165) is 11.3 Å². The summed E-state index contributed by atoms with van der Waals surface area (Å²) in [6.45, 7) is 5.83. The molecule has 0 bridgehead atoms. The molecule has 0 fully saturated rings. The van der Waals surface area contributed by atoms with Crippen molar-refractivity contribution >= 4 is 23.2 Å². The lowest BCUT2D eigenvalue weighted by Crippen LogP contribution is -2.42. The van der Waals surface area contributed by atoms with E-state index in [0.29, 0.717) is 6.42 Å². The zero-order chi connectivity index (χ0) is 14.5. The van der Waals surface area contributed by atoms with Gasteiger partial charge in [-0.1, -0.05) is 19.4 Å². The molecule has 1 unspecified atom stereocenters. The molecule has 19 heavy (non-hydrogen) atoms. The third-order valence-corrected chi connectivity index (χ3v) is 4.39. The predicted octanol–water partition coefficient (Wildman–Crippen LogP) is 2.64. The number of carboxylic acids is 1. The smallest absolute Gasteiger partial charge is 0.308 e. The maximum absolute atomic E-state index is 12.2. The van der Waals surface area contributed by atoms with Crippen molar-refractivity contribution in [3.05, 3.63) is 22.4 Å². The minimum atomic E-state index is -0.851. The second-order valence-corrected chi connectivity index (χ2v) is 6.08. The summed E-state index contributed by atoms with van der Waals surface area (Å²) in [6, 6.07) is 3.83. The molecule has 0 aromatic carbocycles. The Morgan fingerprint density at radius 1 is 1.47 bits per heavy atom. The molecule has 1 amide bonds. The quantitative estimate of drug-likeness (QED) is 0.808. The van der Waals surface area contributed by atoms with E-state index >= 15 is 0 Å². The molecule has 0 radical (unpaired) electrons. The zero-order valence-electron chi connectivity index (χ0n) is 11.6. The monoisotopic (exact) mass is 283 g/mol. The third kappa shape index (κ3) is 4.06. The molecule has 2 N–H and O–H groups in total. The number of rotatable bonds is 7. The van der Waals surface area contributed by atoms with Crippen molar-refractivity contribution in [2.45, 2.75) is 39.0 Å². The lowest BCUT2D eigenvalue weighted by molar-refractivity contribution is -0.142. The van der Waals surface area contributed by atoms with Gasteiger partial charge in [0.2, 0.25) is 5.91 Å².